The molecule has 1 rings (SSSR count). The molecule has 0 amide bonds. The van der Waals surface area contributed by atoms with Crippen molar-refractivity contribution in [2.45, 2.75) is 109 Å². The second-order valence-corrected chi connectivity index (χ2v) is 12.2. The van der Waals surface area contributed by atoms with E-state index in [1.165, 1.54) is 19.3 Å². The summed E-state index contributed by atoms with van der Waals surface area (Å²) in [6.07, 6.45) is 8.40. The highest BCUT2D eigenvalue weighted by molar-refractivity contribution is 5.95. The van der Waals surface area contributed by atoms with Crippen molar-refractivity contribution < 1.29 is 14.3 Å². The molecule has 3 nitrogen and oxygen atoms in total. The highest BCUT2D eigenvalue weighted by Crippen LogP contribution is 2.38. The Morgan fingerprint density at radius 3 is 1.90 bits per heavy atom. The molecule has 1 aliphatic heterocycles. The number of hydrogen-bond acceptors (Lipinski definition) is 3. The molecule has 0 bridgehead atoms. The Hall–Kier alpha value is -1.38. The summed E-state index contributed by atoms with van der Waals surface area (Å²) < 4.78 is 4.62. The molecule has 2 unspecified atom stereocenters. The monoisotopic (exact) mass is 420 g/mol. The average Bonchev–Trinajstić information content (AvgIpc) is 2.87. The summed E-state index contributed by atoms with van der Waals surface area (Å²) in [6.45, 7) is 26.3. The maximum Gasteiger partial charge on any atom is 0.317 e. The molecule has 0 radical (unpaired) electrons. The molecule has 1 saturated heterocycles. The van der Waals surface area contributed by atoms with Gasteiger partial charge in [0.05, 0.1) is 12.3 Å². The van der Waals surface area contributed by atoms with Gasteiger partial charge in [-0.25, -0.2) is 0 Å². The fraction of sp³-hybridized carbons (Fsp3) is 0.778. The van der Waals surface area contributed by atoms with Gasteiger partial charge in [0.15, 0.2) is 0 Å². The fourth-order valence-corrected chi connectivity index (χ4v) is 3.60. The molecule has 30 heavy (non-hydrogen) atoms. The molecule has 2 atom stereocenters. The molecule has 0 aromatic heterocycles. The number of rotatable bonds is 6. The van der Waals surface area contributed by atoms with Gasteiger partial charge in [0.25, 0.3) is 0 Å². The Bertz CT molecular complexity index is 632. The van der Waals surface area contributed by atoms with E-state index in [4.69, 9.17) is 0 Å². The summed E-state index contributed by atoms with van der Waals surface area (Å²) in [5.74, 6) is -1.03. The van der Waals surface area contributed by atoms with Crippen molar-refractivity contribution in [3.05, 3.63) is 23.3 Å². The number of carbonyl (C=O) groups is 2. The molecular formula is C27H48O3. The molecule has 3 heteroatoms. The van der Waals surface area contributed by atoms with Gasteiger partial charge in [-0.1, -0.05) is 92.0 Å². The van der Waals surface area contributed by atoms with E-state index >= 15 is 0 Å². The Balaban J connectivity index is 0.000000567. The van der Waals surface area contributed by atoms with Crippen molar-refractivity contribution in [1.82, 2.24) is 0 Å². The molecule has 174 valence electrons. The molecule has 0 saturated carbocycles. The predicted molar refractivity (Wildman–Crippen MR) is 128 cm³/mol. The molecule has 0 aromatic carbocycles. The third-order valence-corrected chi connectivity index (χ3v) is 5.62. The lowest BCUT2D eigenvalue weighted by atomic mass is 9.72. The first-order chi connectivity index (χ1) is 13.4. The molecule has 1 fully saturated rings. The molecule has 1 heterocycles. The zero-order valence-corrected chi connectivity index (χ0v) is 21.9. The quantitative estimate of drug-likeness (QED) is 0.249. The number of hydrogen-bond donors (Lipinski definition) is 0. The van der Waals surface area contributed by atoms with E-state index in [1.807, 2.05) is 13.8 Å². The van der Waals surface area contributed by atoms with E-state index in [0.29, 0.717) is 10.8 Å². The summed E-state index contributed by atoms with van der Waals surface area (Å²) >= 11 is 0. The third kappa shape index (κ3) is 11.7. The second-order valence-electron chi connectivity index (χ2n) is 12.2. The summed E-state index contributed by atoms with van der Waals surface area (Å²) in [7, 11) is 0. The van der Waals surface area contributed by atoms with Crippen LogP contribution in [0.4, 0.5) is 0 Å². The third-order valence-electron chi connectivity index (χ3n) is 5.62. The van der Waals surface area contributed by atoms with Crippen LogP contribution in [0.5, 0.6) is 0 Å². The predicted octanol–water partition coefficient (Wildman–Crippen LogP) is 7.90. The zero-order valence-electron chi connectivity index (χ0n) is 21.9. The number of carbonyl (C=O) groups excluding carboxylic acids is 2. The van der Waals surface area contributed by atoms with Crippen molar-refractivity contribution in [2.24, 2.45) is 28.1 Å². The Morgan fingerprint density at radius 1 is 1.03 bits per heavy atom. The first-order valence-electron chi connectivity index (χ1n) is 11.4. The maximum absolute atomic E-state index is 11.6. The lowest BCUT2D eigenvalue weighted by Gasteiger charge is -2.31. The summed E-state index contributed by atoms with van der Waals surface area (Å²) in [5.41, 5.74) is 3.55. The minimum atomic E-state index is -0.397. The number of cyclic esters (lactones) is 2. The molecular weight excluding hydrogens is 372 g/mol. The summed E-state index contributed by atoms with van der Waals surface area (Å²) in [4.78, 5) is 22.7. The molecule has 0 spiro atoms. The van der Waals surface area contributed by atoms with Crippen LogP contribution in [0, 0.1) is 28.1 Å². The van der Waals surface area contributed by atoms with Gasteiger partial charge in [0, 0.05) is 0 Å². The maximum atomic E-state index is 11.6. The summed E-state index contributed by atoms with van der Waals surface area (Å²) in [5, 5.41) is 0. The van der Waals surface area contributed by atoms with E-state index in [1.54, 1.807) is 5.57 Å². The SMILES string of the molecule is CC(C)=CC(C1CC(=O)OC1=O)C(C)(C)C.CCC(C)(C)C/C=C(\C)CC(C)(C)C. The normalized spacial score (nSPS) is 19.1. The van der Waals surface area contributed by atoms with E-state index in [9.17, 15) is 9.59 Å². The van der Waals surface area contributed by atoms with Crippen molar-refractivity contribution in [2.75, 3.05) is 0 Å². The summed E-state index contributed by atoms with van der Waals surface area (Å²) in [6, 6.07) is 0. The lowest BCUT2D eigenvalue weighted by Crippen LogP contribution is -2.29. The van der Waals surface area contributed by atoms with Crippen molar-refractivity contribution in [1.29, 1.82) is 0 Å². The standard InChI is InChI=1S/C14H28.C13H20O3/c1-8-14(6,7)10-9-12(2)11-13(3,4)5;1-8(2)6-10(13(3,4)5)9-7-11(14)16-12(9)15/h9H,8,10-11H2,1-7H3;6,9-10H,7H2,1-5H3/b12-9+;. The second kappa shape index (κ2) is 11.3. The Labute approximate surface area is 186 Å². The van der Waals surface area contributed by atoms with Gasteiger partial charge in [0.1, 0.15) is 0 Å². The first kappa shape index (κ1) is 28.6. The van der Waals surface area contributed by atoms with Gasteiger partial charge in [-0.05, 0) is 55.8 Å². The van der Waals surface area contributed by atoms with Gasteiger partial charge in [-0.15, -0.1) is 0 Å². The van der Waals surface area contributed by atoms with Gasteiger partial charge in [-0.3, -0.25) is 9.59 Å². The van der Waals surface area contributed by atoms with Crippen molar-refractivity contribution >= 4 is 11.9 Å². The van der Waals surface area contributed by atoms with Crippen LogP contribution in [-0.4, -0.2) is 11.9 Å². The topological polar surface area (TPSA) is 43.4 Å². The zero-order chi connectivity index (χ0) is 23.9. The Kier molecular flexibility index (Phi) is 10.8. The fourth-order valence-electron chi connectivity index (χ4n) is 3.60. The number of ether oxygens (including phenoxy) is 1. The van der Waals surface area contributed by atoms with Crippen LogP contribution >= 0.6 is 0 Å². The van der Waals surface area contributed by atoms with Crippen LogP contribution in [0.1, 0.15) is 109 Å². The van der Waals surface area contributed by atoms with Gasteiger partial charge < -0.3 is 4.74 Å². The minimum absolute atomic E-state index is 0.0500. The number of esters is 2. The Morgan fingerprint density at radius 2 is 1.57 bits per heavy atom. The van der Waals surface area contributed by atoms with Crippen LogP contribution in [0.2, 0.25) is 0 Å². The smallest absolute Gasteiger partial charge is 0.317 e. The van der Waals surface area contributed by atoms with Crippen LogP contribution in [0.25, 0.3) is 0 Å². The number of allylic oxidation sites excluding steroid dienone is 4. The van der Waals surface area contributed by atoms with E-state index in [2.05, 4.69) is 86.1 Å². The van der Waals surface area contributed by atoms with E-state index in [0.717, 1.165) is 5.57 Å². The van der Waals surface area contributed by atoms with Gasteiger partial charge in [0.2, 0.25) is 0 Å². The molecule has 0 aliphatic carbocycles. The molecule has 0 aromatic rings. The van der Waals surface area contributed by atoms with Crippen LogP contribution in [-0.2, 0) is 14.3 Å². The van der Waals surface area contributed by atoms with Gasteiger partial charge >= 0.3 is 11.9 Å². The minimum Gasteiger partial charge on any atom is -0.393 e. The van der Waals surface area contributed by atoms with Crippen LogP contribution in [0.3, 0.4) is 0 Å². The van der Waals surface area contributed by atoms with Crippen molar-refractivity contribution in [3.8, 4) is 0 Å². The van der Waals surface area contributed by atoms with Crippen molar-refractivity contribution in [3.63, 3.8) is 0 Å². The lowest BCUT2D eigenvalue weighted by molar-refractivity contribution is -0.153. The van der Waals surface area contributed by atoms with E-state index in [-0.39, 0.29) is 29.6 Å². The van der Waals surface area contributed by atoms with Crippen LogP contribution < -0.4 is 0 Å². The first-order valence-corrected chi connectivity index (χ1v) is 11.4. The van der Waals surface area contributed by atoms with Gasteiger partial charge in [-0.2, -0.15) is 0 Å². The average molecular weight is 421 g/mol. The highest BCUT2D eigenvalue weighted by atomic mass is 16.6. The van der Waals surface area contributed by atoms with Crippen LogP contribution in [0.15, 0.2) is 23.3 Å². The highest BCUT2D eigenvalue weighted by Gasteiger charge is 2.42. The molecule has 1 aliphatic rings. The van der Waals surface area contributed by atoms with E-state index < -0.39 is 5.97 Å². The molecule has 0 N–H and O–H groups in total. The largest absolute Gasteiger partial charge is 0.393 e.